The molecular formula is C14H26N2O4S. The lowest BCUT2D eigenvalue weighted by atomic mass is 9.94. The van der Waals surface area contributed by atoms with Crippen LogP contribution in [0.1, 0.15) is 38.5 Å². The van der Waals surface area contributed by atoms with E-state index in [9.17, 15) is 18.3 Å². The molecule has 7 heteroatoms. The second-order valence-corrected chi connectivity index (χ2v) is 8.38. The number of sulfone groups is 1. The number of aliphatic hydroxyl groups excluding tert-OH is 1. The Balaban J connectivity index is 1.83. The van der Waals surface area contributed by atoms with E-state index in [-0.39, 0.29) is 36.6 Å². The second-order valence-electron chi connectivity index (χ2n) is 6.15. The van der Waals surface area contributed by atoms with Gasteiger partial charge in [-0.25, -0.2) is 8.42 Å². The van der Waals surface area contributed by atoms with Gasteiger partial charge in [-0.15, -0.1) is 0 Å². The monoisotopic (exact) mass is 318 g/mol. The first kappa shape index (κ1) is 16.7. The van der Waals surface area contributed by atoms with Crippen molar-refractivity contribution in [3.8, 4) is 0 Å². The number of nitrogens with zero attached hydrogens (tertiary/aromatic N) is 1. The average Bonchev–Trinajstić information content (AvgIpc) is 2.78. The van der Waals surface area contributed by atoms with Gasteiger partial charge in [-0.05, 0) is 19.3 Å². The van der Waals surface area contributed by atoms with Gasteiger partial charge in [0, 0.05) is 18.6 Å². The van der Waals surface area contributed by atoms with Gasteiger partial charge in [0.1, 0.15) is 0 Å². The van der Waals surface area contributed by atoms with Crippen molar-refractivity contribution in [2.24, 2.45) is 0 Å². The summed E-state index contributed by atoms with van der Waals surface area (Å²) in [5.74, 6) is 0.0967. The molecule has 2 fully saturated rings. The molecule has 2 N–H and O–H groups in total. The van der Waals surface area contributed by atoms with Gasteiger partial charge in [-0.1, -0.05) is 19.3 Å². The predicted octanol–water partition coefficient (Wildman–Crippen LogP) is -0.0833. The van der Waals surface area contributed by atoms with E-state index in [0.717, 1.165) is 12.8 Å². The van der Waals surface area contributed by atoms with Crippen molar-refractivity contribution in [1.29, 1.82) is 0 Å². The molecule has 1 saturated heterocycles. The van der Waals surface area contributed by atoms with E-state index in [2.05, 4.69) is 5.32 Å². The van der Waals surface area contributed by atoms with Crippen LogP contribution in [0.2, 0.25) is 0 Å². The number of carbonyl (C=O) groups excluding carboxylic acids is 1. The molecular weight excluding hydrogens is 292 g/mol. The number of rotatable bonds is 6. The average molecular weight is 318 g/mol. The fourth-order valence-corrected chi connectivity index (χ4v) is 5.01. The number of hydrogen-bond acceptors (Lipinski definition) is 5. The Morgan fingerprint density at radius 1 is 1.19 bits per heavy atom. The SMILES string of the molecule is O=C(CN(CCO)C1CCCCC1)NC1CCS(=O)(=O)C1. The predicted molar refractivity (Wildman–Crippen MR) is 80.7 cm³/mol. The van der Waals surface area contributed by atoms with Crippen molar-refractivity contribution >= 4 is 15.7 Å². The number of hydrogen-bond donors (Lipinski definition) is 2. The molecule has 6 nitrogen and oxygen atoms in total. The molecule has 1 saturated carbocycles. The second kappa shape index (κ2) is 7.56. The van der Waals surface area contributed by atoms with E-state index in [4.69, 9.17) is 0 Å². The minimum absolute atomic E-state index is 0.0432. The zero-order chi connectivity index (χ0) is 15.3. The van der Waals surface area contributed by atoms with Crippen LogP contribution < -0.4 is 5.32 Å². The number of carbonyl (C=O) groups is 1. The third-order valence-corrected chi connectivity index (χ3v) is 6.19. The summed E-state index contributed by atoms with van der Waals surface area (Å²) in [6.07, 6.45) is 6.26. The smallest absolute Gasteiger partial charge is 0.234 e. The summed E-state index contributed by atoms with van der Waals surface area (Å²) in [6, 6.07) is 0.119. The maximum absolute atomic E-state index is 12.1. The largest absolute Gasteiger partial charge is 0.395 e. The fraction of sp³-hybridized carbons (Fsp3) is 0.929. The molecule has 0 radical (unpaired) electrons. The maximum Gasteiger partial charge on any atom is 0.234 e. The first-order valence-corrected chi connectivity index (χ1v) is 9.67. The third-order valence-electron chi connectivity index (χ3n) is 4.42. The Morgan fingerprint density at radius 2 is 1.90 bits per heavy atom. The third kappa shape index (κ3) is 5.23. The quantitative estimate of drug-likeness (QED) is 0.715. The van der Waals surface area contributed by atoms with E-state index < -0.39 is 9.84 Å². The van der Waals surface area contributed by atoms with Gasteiger partial charge in [-0.3, -0.25) is 9.69 Å². The molecule has 1 atom stereocenters. The lowest BCUT2D eigenvalue weighted by Gasteiger charge is -2.33. The summed E-state index contributed by atoms with van der Waals surface area (Å²) < 4.78 is 22.8. The molecule has 2 rings (SSSR count). The number of amides is 1. The number of nitrogens with one attached hydrogen (secondary N) is 1. The Kier molecular flexibility index (Phi) is 6.01. The van der Waals surface area contributed by atoms with Crippen LogP contribution in [0.4, 0.5) is 0 Å². The molecule has 1 unspecified atom stereocenters. The molecule has 1 amide bonds. The van der Waals surface area contributed by atoms with E-state index in [1.807, 2.05) is 4.90 Å². The van der Waals surface area contributed by atoms with Crippen LogP contribution >= 0.6 is 0 Å². The molecule has 0 bridgehead atoms. The van der Waals surface area contributed by atoms with Gasteiger partial charge in [0.05, 0.1) is 24.7 Å². The lowest BCUT2D eigenvalue weighted by Crippen LogP contribution is -2.47. The minimum atomic E-state index is -2.97. The zero-order valence-corrected chi connectivity index (χ0v) is 13.3. The molecule has 1 aliphatic heterocycles. The van der Waals surface area contributed by atoms with Crippen LogP contribution in [0.25, 0.3) is 0 Å². The first-order valence-electron chi connectivity index (χ1n) is 7.85. The Hall–Kier alpha value is -0.660. The van der Waals surface area contributed by atoms with Crippen LogP contribution in [0.15, 0.2) is 0 Å². The van der Waals surface area contributed by atoms with Gasteiger partial charge in [0.15, 0.2) is 9.84 Å². The Bertz CT molecular complexity index is 446. The zero-order valence-electron chi connectivity index (χ0n) is 12.5. The van der Waals surface area contributed by atoms with Gasteiger partial charge >= 0.3 is 0 Å². The topological polar surface area (TPSA) is 86.7 Å². The highest BCUT2D eigenvalue weighted by molar-refractivity contribution is 7.91. The van der Waals surface area contributed by atoms with Crippen molar-refractivity contribution in [1.82, 2.24) is 10.2 Å². The highest BCUT2D eigenvalue weighted by Gasteiger charge is 2.30. The van der Waals surface area contributed by atoms with Crippen LogP contribution in [0, 0.1) is 0 Å². The summed E-state index contributed by atoms with van der Waals surface area (Å²) in [5, 5.41) is 12.0. The molecule has 2 aliphatic rings. The van der Waals surface area contributed by atoms with Crippen LogP contribution in [0.3, 0.4) is 0 Å². The van der Waals surface area contributed by atoms with E-state index in [0.29, 0.717) is 19.0 Å². The van der Waals surface area contributed by atoms with E-state index in [1.165, 1.54) is 19.3 Å². The Morgan fingerprint density at radius 3 is 2.48 bits per heavy atom. The standard InChI is InChI=1S/C14H26N2O4S/c17-8-7-16(13-4-2-1-3-5-13)10-14(18)15-12-6-9-21(19,20)11-12/h12-13,17H,1-11H2,(H,15,18). The van der Waals surface area contributed by atoms with Crippen LogP contribution in [-0.4, -0.2) is 67.6 Å². The summed E-state index contributed by atoms with van der Waals surface area (Å²) in [4.78, 5) is 14.1. The molecule has 21 heavy (non-hydrogen) atoms. The highest BCUT2D eigenvalue weighted by atomic mass is 32.2. The normalized spacial score (nSPS) is 26.1. The molecule has 122 valence electrons. The Labute approximate surface area is 126 Å². The molecule has 0 aromatic heterocycles. The highest BCUT2D eigenvalue weighted by Crippen LogP contribution is 2.22. The lowest BCUT2D eigenvalue weighted by molar-refractivity contribution is -0.123. The van der Waals surface area contributed by atoms with Crippen molar-refractivity contribution in [2.75, 3.05) is 31.2 Å². The van der Waals surface area contributed by atoms with Gasteiger partial charge in [0.2, 0.25) is 5.91 Å². The van der Waals surface area contributed by atoms with Crippen molar-refractivity contribution in [3.63, 3.8) is 0 Å². The van der Waals surface area contributed by atoms with Crippen molar-refractivity contribution < 1.29 is 18.3 Å². The van der Waals surface area contributed by atoms with E-state index in [1.54, 1.807) is 0 Å². The van der Waals surface area contributed by atoms with Crippen molar-refractivity contribution in [3.05, 3.63) is 0 Å². The number of aliphatic hydroxyl groups is 1. The van der Waals surface area contributed by atoms with Crippen LogP contribution in [0.5, 0.6) is 0 Å². The fourth-order valence-electron chi connectivity index (χ4n) is 3.33. The maximum atomic E-state index is 12.1. The van der Waals surface area contributed by atoms with Gasteiger partial charge in [0.25, 0.3) is 0 Å². The van der Waals surface area contributed by atoms with Gasteiger partial charge in [-0.2, -0.15) is 0 Å². The molecule has 1 heterocycles. The summed E-state index contributed by atoms with van der Waals surface area (Å²) >= 11 is 0. The molecule has 0 aromatic carbocycles. The summed E-state index contributed by atoms with van der Waals surface area (Å²) in [5.41, 5.74) is 0. The first-order chi connectivity index (χ1) is 10.00. The molecule has 0 aromatic rings. The summed E-state index contributed by atoms with van der Waals surface area (Å²) in [7, 11) is -2.97. The molecule has 1 aliphatic carbocycles. The van der Waals surface area contributed by atoms with Crippen LogP contribution in [-0.2, 0) is 14.6 Å². The molecule has 0 spiro atoms. The van der Waals surface area contributed by atoms with Gasteiger partial charge < -0.3 is 10.4 Å². The summed E-state index contributed by atoms with van der Waals surface area (Å²) in [6.45, 7) is 0.796. The minimum Gasteiger partial charge on any atom is -0.395 e. The van der Waals surface area contributed by atoms with E-state index >= 15 is 0 Å². The van der Waals surface area contributed by atoms with Crippen molar-refractivity contribution in [2.45, 2.75) is 50.6 Å².